The molecule has 1 fully saturated rings. The van der Waals surface area contributed by atoms with Crippen LogP contribution in [0.25, 0.3) is 0 Å². The molecule has 3 nitrogen and oxygen atoms in total. The van der Waals surface area contributed by atoms with E-state index in [4.69, 9.17) is 9.47 Å². The van der Waals surface area contributed by atoms with Crippen molar-refractivity contribution in [2.75, 3.05) is 20.3 Å². The van der Waals surface area contributed by atoms with Crippen LogP contribution in [0.15, 0.2) is 0 Å². The number of hydrogen-bond acceptors (Lipinski definition) is 3. The average molecular weight is 202 g/mol. The number of ether oxygens (including phenoxy) is 2. The van der Waals surface area contributed by atoms with Crippen LogP contribution < -0.4 is 0 Å². The second kappa shape index (κ2) is 5.10. The lowest BCUT2D eigenvalue weighted by molar-refractivity contribution is -0.156. The molecule has 0 saturated carbocycles. The van der Waals surface area contributed by atoms with Gasteiger partial charge in [0.2, 0.25) is 0 Å². The Kier molecular flexibility index (Phi) is 4.35. The first-order valence-electron chi connectivity index (χ1n) is 5.41. The smallest absolute Gasteiger partial charge is 0.0980 e. The van der Waals surface area contributed by atoms with Gasteiger partial charge in [-0.15, -0.1) is 0 Å². The molecular weight excluding hydrogens is 180 g/mol. The first-order valence-corrected chi connectivity index (χ1v) is 5.41. The van der Waals surface area contributed by atoms with Crippen molar-refractivity contribution in [2.45, 2.75) is 44.8 Å². The van der Waals surface area contributed by atoms with E-state index in [0.717, 1.165) is 19.3 Å². The Morgan fingerprint density at radius 1 is 1.36 bits per heavy atom. The lowest BCUT2D eigenvalue weighted by Gasteiger charge is -2.40. The Bertz CT molecular complexity index is 162. The van der Waals surface area contributed by atoms with Crippen molar-refractivity contribution in [1.82, 2.24) is 0 Å². The van der Waals surface area contributed by atoms with E-state index >= 15 is 0 Å². The van der Waals surface area contributed by atoms with Crippen LogP contribution in [0, 0.1) is 5.92 Å². The van der Waals surface area contributed by atoms with E-state index in [1.807, 2.05) is 0 Å². The van der Waals surface area contributed by atoms with E-state index in [2.05, 4.69) is 13.8 Å². The zero-order valence-electron chi connectivity index (χ0n) is 9.45. The summed E-state index contributed by atoms with van der Waals surface area (Å²) in [7, 11) is 1.69. The molecule has 0 aromatic carbocycles. The normalized spacial score (nSPS) is 23.8. The maximum Gasteiger partial charge on any atom is 0.0980 e. The highest BCUT2D eigenvalue weighted by Gasteiger charge is 2.39. The third kappa shape index (κ3) is 2.69. The van der Waals surface area contributed by atoms with Crippen molar-refractivity contribution in [3.63, 3.8) is 0 Å². The lowest BCUT2D eigenvalue weighted by atomic mass is 9.84. The molecule has 1 aliphatic heterocycles. The summed E-state index contributed by atoms with van der Waals surface area (Å²) in [6, 6.07) is 0. The number of rotatable bonds is 4. The minimum atomic E-state index is -0.364. The molecule has 1 saturated heterocycles. The quantitative estimate of drug-likeness (QED) is 0.752. The third-order valence-corrected chi connectivity index (χ3v) is 3.05. The molecule has 0 aromatic rings. The molecule has 1 unspecified atom stereocenters. The predicted octanol–water partition coefficient (Wildman–Crippen LogP) is 1.59. The van der Waals surface area contributed by atoms with Gasteiger partial charge in [-0.25, -0.2) is 0 Å². The van der Waals surface area contributed by atoms with Gasteiger partial charge >= 0.3 is 0 Å². The molecule has 0 amide bonds. The van der Waals surface area contributed by atoms with Gasteiger partial charge in [0.05, 0.1) is 11.7 Å². The summed E-state index contributed by atoms with van der Waals surface area (Å²) in [5.41, 5.74) is -0.359. The van der Waals surface area contributed by atoms with Gasteiger partial charge < -0.3 is 14.6 Å². The Morgan fingerprint density at radius 3 is 2.36 bits per heavy atom. The fourth-order valence-corrected chi connectivity index (χ4v) is 2.05. The summed E-state index contributed by atoms with van der Waals surface area (Å²) in [4.78, 5) is 0. The second-order valence-electron chi connectivity index (χ2n) is 4.53. The van der Waals surface area contributed by atoms with Crippen molar-refractivity contribution >= 4 is 0 Å². The molecule has 0 aliphatic carbocycles. The lowest BCUT2D eigenvalue weighted by Crippen LogP contribution is -2.48. The Morgan fingerprint density at radius 2 is 1.93 bits per heavy atom. The van der Waals surface area contributed by atoms with Crippen LogP contribution in [0.5, 0.6) is 0 Å². The first-order chi connectivity index (χ1) is 6.60. The van der Waals surface area contributed by atoms with E-state index in [9.17, 15) is 5.11 Å². The van der Waals surface area contributed by atoms with Gasteiger partial charge in [-0.2, -0.15) is 0 Å². The third-order valence-electron chi connectivity index (χ3n) is 3.05. The van der Waals surface area contributed by atoms with Crippen molar-refractivity contribution < 1.29 is 14.6 Å². The van der Waals surface area contributed by atoms with Crippen molar-refractivity contribution in [1.29, 1.82) is 0 Å². The van der Waals surface area contributed by atoms with E-state index in [1.165, 1.54) is 0 Å². The van der Waals surface area contributed by atoms with E-state index in [-0.39, 0.29) is 11.7 Å². The number of aliphatic hydroxyl groups excluding tert-OH is 1. The zero-order valence-corrected chi connectivity index (χ0v) is 9.45. The van der Waals surface area contributed by atoms with Gasteiger partial charge in [0.15, 0.2) is 0 Å². The fraction of sp³-hybridized carbons (Fsp3) is 1.00. The van der Waals surface area contributed by atoms with E-state index in [0.29, 0.717) is 19.1 Å². The van der Waals surface area contributed by atoms with Gasteiger partial charge in [0.1, 0.15) is 0 Å². The highest BCUT2D eigenvalue weighted by Crippen LogP contribution is 2.31. The molecule has 14 heavy (non-hydrogen) atoms. The van der Waals surface area contributed by atoms with Crippen LogP contribution in [0.1, 0.15) is 33.1 Å². The Hall–Kier alpha value is -0.120. The monoisotopic (exact) mass is 202 g/mol. The molecule has 1 N–H and O–H groups in total. The molecule has 0 radical (unpaired) electrons. The van der Waals surface area contributed by atoms with Crippen LogP contribution >= 0.6 is 0 Å². The van der Waals surface area contributed by atoms with Crippen molar-refractivity contribution in [2.24, 2.45) is 5.92 Å². The Balaban J connectivity index is 2.57. The first kappa shape index (κ1) is 12.0. The summed E-state index contributed by atoms with van der Waals surface area (Å²) in [6.07, 6.45) is 2.04. The van der Waals surface area contributed by atoms with Crippen LogP contribution in [-0.2, 0) is 9.47 Å². The van der Waals surface area contributed by atoms with Gasteiger partial charge in [0, 0.05) is 33.2 Å². The SMILES string of the molecule is COC1(C(O)CC(C)C)CCOCC1. The molecule has 1 aliphatic rings. The molecular formula is C11H22O3. The van der Waals surface area contributed by atoms with Crippen LogP contribution in [0.3, 0.4) is 0 Å². The maximum absolute atomic E-state index is 10.1. The molecule has 1 atom stereocenters. The minimum Gasteiger partial charge on any atom is -0.390 e. The second-order valence-corrected chi connectivity index (χ2v) is 4.53. The van der Waals surface area contributed by atoms with Crippen molar-refractivity contribution in [3.05, 3.63) is 0 Å². The summed E-state index contributed by atoms with van der Waals surface area (Å²) < 4.78 is 10.8. The average Bonchev–Trinajstić information content (AvgIpc) is 2.18. The molecule has 0 bridgehead atoms. The molecule has 1 heterocycles. The maximum atomic E-state index is 10.1. The minimum absolute atomic E-state index is 0.359. The van der Waals surface area contributed by atoms with E-state index < -0.39 is 0 Å². The van der Waals surface area contributed by atoms with Crippen LogP contribution in [0.4, 0.5) is 0 Å². The summed E-state index contributed by atoms with van der Waals surface area (Å²) in [5, 5.41) is 10.1. The van der Waals surface area contributed by atoms with Gasteiger partial charge in [-0.05, 0) is 12.3 Å². The zero-order chi connectivity index (χ0) is 10.6. The van der Waals surface area contributed by atoms with Crippen LogP contribution in [0.2, 0.25) is 0 Å². The number of methoxy groups -OCH3 is 1. The summed E-state index contributed by atoms with van der Waals surface area (Å²) in [5.74, 6) is 0.500. The molecule has 0 spiro atoms. The highest BCUT2D eigenvalue weighted by molar-refractivity contribution is 4.90. The topological polar surface area (TPSA) is 38.7 Å². The molecule has 1 rings (SSSR count). The summed E-state index contributed by atoms with van der Waals surface area (Å²) in [6.45, 7) is 5.63. The fourth-order valence-electron chi connectivity index (χ4n) is 2.05. The van der Waals surface area contributed by atoms with Gasteiger partial charge in [-0.1, -0.05) is 13.8 Å². The number of aliphatic hydroxyl groups is 1. The number of hydrogen-bond donors (Lipinski definition) is 1. The highest BCUT2D eigenvalue weighted by atomic mass is 16.5. The van der Waals surface area contributed by atoms with Gasteiger partial charge in [0.25, 0.3) is 0 Å². The van der Waals surface area contributed by atoms with Crippen LogP contribution in [-0.4, -0.2) is 37.1 Å². The molecule has 84 valence electrons. The Labute approximate surface area is 86.4 Å². The molecule has 0 aromatic heterocycles. The van der Waals surface area contributed by atoms with Gasteiger partial charge in [-0.3, -0.25) is 0 Å². The largest absolute Gasteiger partial charge is 0.390 e. The van der Waals surface area contributed by atoms with E-state index in [1.54, 1.807) is 7.11 Å². The standard InChI is InChI=1S/C11H22O3/c1-9(2)8-10(12)11(13-3)4-6-14-7-5-11/h9-10,12H,4-8H2,1-3H3. The summed E-state index contributed by atoms with van der Waals surface area (Å²) >= 11 is 0. The molecule has 3 heteroatoms. The van der Waals surface area contributed by atoms with Crippen molar-refractivity contribution in [3.8, 4) is 0 Å². The predicted molar refractivity (Wildman–Crippen MR) is 55.3 cm³/mol.